The predicted molar refractivity (Wildman–Crippen MR) is 81.5 cm³/mol. The molecule has 1 heterocycles. The number of ether oxygens (including phenoxy) is 1. The summed E-state index contributed by atoms with van der Waals surface area (Å²) in [7, 11) is 0. The van der Waals surface area contributed by atoms with Crippen LogP contribution in [0.25, 0.3) is 0 Å². The first-order valence-corrected chi connectivity index (χ1v) is 7.32. The molecule has 2 rings (SSSR count). The van der Waals surface area contributed by atoms with E-state index in [1.165, 1.54) is 0 Å². The van der Waals surface area contributed by atoms with E-state index in [0.717, 1.165) is 6.54 Å². The first-order chi connectivity index (χ1) is 9.45. The van der Waals surface area contributed by atoms with Gasteiger partial charge in [-0.2, -0.15) is 0 Å². The molecule has 1 aliphatic rings. The van der Waals surface area contributed by atoms with Crippen LogP contribution in [0.4, 0.5) is 5.69 Å². The second-order valence-electron chi connectivity index (χ2n) is 5.10. The van der Waals surface area contributed by atoms with Gasteiger partial charge in [-0.15, -0.1) is 0 Å². The lowest BCUT2D eigenvalue weighted by molar-refractivity contribution is -0.121. The number of anilines is 1. The first-order valence-electron chi connectivity index (χ1n) is 6.56. The number of halogens is 2. The number of rotatable bonds is 3. The molecular formula is C14H18Cl2N2O2. The van der Waals surface area contributed by atoms with Crippen molar-refractivity contribution in [2.45, 2.75) is 26.0 Å². The molecule has 4 nitrogen and oxygen atoms in total. The summed E-state index contributed by atoms with van der Waals surface area (Å²) >= 11 is 11.8. The molecule has 0 unspecified atom stereocenters. The molecule has 6 heteroatoms. The number of amides is 1. The second-order valence-corrected chi connectivity index (χ2v) is 5.91. The number of benzene rings is 1. The maximum atomic E-state index is 12.1. The lowest BCUT2D eigenvalue weighted by Gasteiger charge is -2.36. The van der Waals surface area contributed by atoms with Crippen molar-refractivity contribution in [1.29, 1.82) is 0 Å². The fraction of sp³-hybridized carbons (Fsp3) is 0.500. The number of hydrogen-bond donors (Lipinski definition) is 1. The quantitative estimate of drug-likeness (QED) is 0.932. The summed E-state index contributed by atoms with van der Waals surface area (Å²) in [4.78, 5) is 14.2. The maximum absolute atomic E-state index is 12.1. The van der Waals surface area contributed by atoms with Crippen LogP contribution in [-0.4, -0.2) is 42.6 Å². The summed E-state index contributed by atoms with van der Waals surface area (Å²) in [5, 5.41) is 3.73. The summed E-state index contributed by atoms with van der Waals surface area (Å²) in [5.41, 5.74) is 0.651. The van der Waals surface area contributed by atoms with E-state index in [0.29, 0.717) is 28.9 Å². The number of carbonyl (C=O) groups is 1. The Balaban J connectivity index is 1.93. The Morgan fingerprint density at radius 1 is 1.40 bits per heavy atom. The van der Waals surface area contributed by atoms with Crippen molar-refractivity contribution in [2.75, 3.05) is 25.0 Å². The van der Waals surface area contributed by atoms with Crippen LogP contribution in [0.2, 0.25) is 10.0 Å². The Hall–Kier alpha value is -0.810. The van der Waals surface area contributed by atoms with Crippen molar-refractivity contribution in [3.05, 3.63) is 28.2 Å². The van der Waals surface area contributed by atoms with E-state index >= 15 is 0 Å². The number of carbonyl (C=O) groups excluding carboxylic acids is 1. The van der Waals surface area contributed by atoms with Gasteiger partial charge in [0.05, 0.1) is 29.3 Å². The highest BCUT2D eigenvalue weighted by Crippen LogP contribution is 2.25. The van der Waals surface area contributed by atoms with Crippen molar-refractivity contribution in [1.82, 2.24) is 4.90 Å². The normalized spacial score (nSPS) is 23.6. The van der Waals surface area contributed by atoms with Gasteiger partial charge in [0, 0.05) is 18.3 Å². The van der Waals surface area contributed by atoms with E-state index in [2.05, 4.69) is 17.1 Å². The van der Waals surface area contributed by atoms with Crippen molar-refractivity contribution in [2.24, 2.45) is 0 Å². The van der Waals surface area contributed by atoms with Crippen LogP contribution < -0.4 is 5.32 Å². The summed E-state index contributed by atoms with van der Waals surface area (Å²) < 4.78 is 5.54. The Morgan fingerprint density at radius 2 is 2.15 bits per heavy atom. The van der Waals surface area contributed by atoms with Crippen LogP contribution in [0, 0.1) is 0 Å². The van der Waals surface area contributed by atoms with E-state index in [4.69, 9.17) is 27.9 Å². The van der Waals surface area contributed by atoms with E-state index in [-0.39, 0.29) is 18.1 Å². The molecule has 1 aliphatic heterocycles. The van der Waals surface area contributed by atoms with Crippen LogP contribution in [-0.2, 0) is 9.53 Å². The minimum atomic E-state index is -0.0654. The molecular weight excluding hydrogens is 299 g/mol. The minimum absolute atomic E-state index is 0.0654. The molecule has 0 aromatic heterocycles. The van der Waals surface area contributed by atoms with Gasteiger partial charge in [0.2, 0.25) is 5.91 Å². The van der Waals surface area contributed by atoms with E-state index in [1.54, 1.807) is 18.2 Å². The van der Waals surface area contributed by atoms with Gasteiger partial charge in [0.25, 0.3) is 0 Å². The molecule has 1 saturated heterocycles. The molecule has 0 saturated carbocycles. The Bertz CT molecular complexity index is 496. The molecule has 2 atom stereocenters. The van der Waals surface area contributed by atoms with Crippen LogP contribution in [0.15, 0.2) is 18.2 Å². The zero-order valence-corrected chi connectivity index (χ0v) is 13.0. The van der Waals surface area contributed by atoms with Crippen LogP contribution >= 0.6 is 23.2 Å². The zero-order chi connectivity index (χ0) is 14.7. The highest BCUT2D eigenvalue weighted by atomic mass is 35.5. The Kier molecular flexibility index (Phi) is 5.27. The smallest absolute Gasteiger partial charge is 0.238 e. The second kappa shape index (κ2) is 6.76. The molecule has 1 amide bonds. The Morgan fingerprint density at radius 3 is 2.85 bits per heavy atom. The van der Waals surface area contributed by atoms with Crippen LogP contribution in [0.3, 0.4) is 0 Å². The summed E-state index contributed by atoms with van der Waals surface area (Å²) in [6.07, 6.45) is 0.156. The lowest BCUT2D eigenvalue weighted by Crippen LogP contribution is -2.50. The SMILES string of the molecule is C[C@@H]1CO[C@@H](C)CN1CC(=O)Nc1ccc(Cl)c(Cl)c1. The summed E-state index contributed by atoms with van der Waals surface area (Å²) in [6.45, 7) is 5.82. The van der Waals surface area contributed by atoms with E-state index < -0.39 is 0 Å². The third-order valence-electron chi connectivity index (χ3n) is 3.29. The monoisotopic (exact) mass is 316 g/mol. The third kappa shape index (κ3) is 4.09. The van der Waals surface area contributed by atoms with Crippen LogP contribution in [0.5, 0.6) is 0 Å². The average molecular weight is 317 g/mol. The molecule has 110 valence electrons. The molecule has 0 spiro atoms. The topological polar surface area (TPSA) is 41.6 Å². The largest absolute Gasteiger partial charge is 0.376 e. The molecule has 1 aromatic rings. The van der Waals surface area contributed by atoms with Crippen molar-refractivity contribution < 1.29 is 9.53 Å². The van der Waals surface area contributed by atoms with Gasteiger partial charge in [-0.05, 0) is 32.0 Å². The van der Waals surface area contributed by atoms with E-state index in [1.807, 2.05) is 6.92 Å². The molecule has 0 radical (unpaired) electrons. The number of hydrogen-bond acceptors (Lipinski definition) is 3. The number of morpholine rings is 1. The highest BCUT2D eigenvalue weighted by molar-refractivity contribution is 6.42. The predicted octanol–water partition coefficient (Wildman–Crippen LogP) is 3.04. The minimum Gasteiger partial charge on any atom is -0.376 e. The van der Waals surface area contributed by atoms with E-state index in [9.17, 15) is 4.79 Å². The number of nitrogens with zero attached hydrogens (tertiary/aromatic N) is 1. The molecule has 0 aliphatic carbocycles. The van der Waals surface area contributed by atoms with Crippen molar-refractivity contribution in [3.63, 3.8) is 0 Å². The average Bonchev–Trinajstić information content (AvgIpc) is 2.38. The first kappa shape index (κ1) is 15.6. The fourth-order valence-electron chi connectivity index (χ4n) is 2.15. The highest BCUT2D eigenvalue weighted by Gasteiger charge is 2.25. The maximum Gasteiger partial charge on any atom is 0.238 e. The van der Waals surface area contributed by atoms with Gasteiger partial charge >= 0.3 is 0 Å². The standard InChI is InChI=1S/C14H18Cl2N2O2/c1-9-8-20-10(2)6-18(9)7-14(19)17-11-3-4-12(15)13(16)5-11/h3-5,9-10H,6-8H2,1-2H3,(H,17,19)/t9-,10+/m1/s1. The number of nitrogens with one attached hydrogen (secondary N) is 1. The van der Waals surface area contributed by atoms with Gasteiger partial charge in [-0.3, -0.25) is 9.69 Å². The van der Waals surface area contributed by atoms with Crippen molar-refractivity contribution >= 4 is 34.8 Å². The van der Waals surface area contributed by atoms with Gasteiger partial charge < -0.3 is 10.1 Å². The van der Waals surface area contributed by atoms with Crippen molar-refractivity contribution in [3.8, 4) is 0 Å². The molecule has 20 heavy (non-hydrogen) atoms. The zero-order valence-electron chi connectivity index (χ0n) is 11.5. The third-order valence-corrected chi connectivity index (χ3v) is 4.03. The lowest BCUT2D eigenvalue weighted by atomic mass is 10.2. The Labute approximate surface area is 129 Å². The molecule has 1 N–H and O–H groups in total. The van der Waals surface area contributed by atoms with Gasteiger partial charge in [0.15, 0.2) is 0 Å². The molecule has 1 fully saturated rings. The van der Waals surface area contributed by atoms with Gasteiger partial charge in [-0.25, -0.2) is 0 Å². The fourth-order valence-corrected chi connectivity index (χ4v) is 2.45. The molecule has 1 aromatic carbocycles. The summed E-state index contributed by atoms with van der Waals surface area (Å²) in [6, 6.07) is 5.29. The van der Waals surface area contributed by atoms with Crippen LogP contribution in [0.1, 0.15) is 13.8 Å². The van der Waals surface area contributed by atoms with Gasteiger partial charge in [0.1, 0.15) is 0 Å². The molecule has 0 bridgehead atoms. The van der Waals surface area contributed by atoms with Gasteiger partial charge in [-0.1, -0.05) is 23.2 Å². The summed E-state index contributed by atoms with van der Waals surface area (Å²) in [5.74, 6) is -0.0654.